The van der Waals surface area contributed by atoms with Crippen LogP contribution in [-0.4, -0.2) is 32.9 Å². The monoisotopic (exact) mass is 295 g/mol. The number of amides is 1. The Bertz CT molecular complexity index is 732. The van der Waals surface area contributed by atoms with E-state index in [0.717, 1.165) is 0 Å². The molecule has 0 radical (unpaired) electrons. The molecule has 0 bridgehead atoms. The molecule has 7 nitrogen and oxygen atoms in total. The van der Waals surface area contributed by atoms with Gasteiger partial charge < -0.3 is 10.4 Å². The molecule has 106 valence electrons. The van der Waals surface area contributed by atoms with Gasteiger partial charge in [-0.2, -0.15) is 0 Å². The fourth-order valence-electron chi connectivity index (χ4n) is 1.45. The number of carbonyl (C=O) groups is 2. The summed E-state index contributed by atoms with van der Waals surface area (Å²) in [5.41, 5.74) is -1.69. The number of carboxylic acid groups (broad SMARTS) is 1. The zero-order valence-electron chi connectivity index (χ0n) is 10.9. The Morgan fingerprint density at radius 1 is 1.50 bits per heavy atom. The predicted molar refractivity (Wildman–Crippen MR) is 73.1 cm³/mol. The Kier molecular flexibility index (Phi) is 3.58. The maximum Gasteiger partial charge on any atom is 0.310 e. The molecule has 8 heteroatoms. The molecule has 20 heavy (non-hydrogen) atoms. The fourth-order valence-corrected chi connectivity index (χ4v) is 2.13. The summed E-state index contributed by atoms with van der Waals surface area (Å²) in [6.45, 7) is 2.90. The molecule has 2 rings (SSSR count). The van der Waals surface area contributed by atoms with Gasteiger partial charge in [0.05, 0.1) is 5.41 Å². The highest BCUT2D eigenvalue weighted by atomic mass is 32.1. The summed E-state index contributed by atoms with van der Waals surface area (Å²) in [6, 6.07) is 0. The summed E-state index contributed by atoms with van der Waals surface area (Å²) in [5, 5.41) is 13.1. The van der Waals surface area contributed by atoms with Crippen LogP contribution in [0, 0.1) is 5.41 Å². The number of aliphatic carboxylic acids is 1. The van der Waals surface area contributed by atoms with Gasteiger partial charge in [-0.05, 0) is 13.8 Å². The van der Waals surface area contributed by atoms with Crippen molar-refractivity contribution in [1.29, 1.82) is 0 Å². The number of carboxylic acids is 1. The maximum absolute atomic E-state index is 12.0. The lowest BCUT2D eigenvalue weighted by atomic mass is 9.94. The summed E-state index contributed by atoms with van der Waals surface area (Å²) in [5.74, 6) is -1.65. The number of thiazole rings is 1. The van der Waals surface area contributed by atoms with E-state index in [1.807, 2.05) is 0 Å². The lowest BCUT2D eigenvalue weighted by molar-refractivity contribution is -0.146. The average Bonchev–Trinajstić information content (AvgIpc) is 2.85. The van der Waals surface area contributed by atoms with Crippen molar-refractivity contribution in [2.24, 2.45) is 5.41 Å². The molecule has 0 aliphatic heterocycles. The highest BCUT2D eigenvalue weighted by molar-refractivity contribution is 7.15. The van der Waals surface area contributed by atoms with Gasteiger partial charge in [0.25, 0.3) is 11.5 Å². The van der Waals surface area contributed by atoms with Crippen molar-refractivity contribution >= 4 is 28.2 Å². The van der Waals surface area contributed by atoms with Gasteiger partial charge in [0.15, 0.2) is 4.96 Å². The van der Waals surface area contributed by atoms with E-state index in [-0.39, 0.29) is 12.1 Å². The Labute approximate surface area is 117 Å². The van der Waals surface area contributed by atoms with Crippen molar-refractivity contribution < 1.29 is 14.7 Å². The zero-order chi connectivity index (χ0) is 14.9. The van der Waals surface area contributed by atoms with Crippen molar-refractivity contribution in [2.75, 3.05) is 6.54 Å². The Morgan fingerprint density at radius 3 is 2.85 bits per heavy atom. The zero-order valence-corrected chi connectivity index (χ0v) is 11.7. The van der Waals surface area contributed by atoms with Gasteiger partial charge >= 0.3 is 5.97 Å². The molecule has 0 fully saturated rings. The van der Waals surface area contributed by atoms with Gasteiger partial charge in [-0.1, -0.05) is 0 Å². The number of rotatable bonds is 4. The minimum Gasteiger partial charge on any atom is -0.481 e. The molecule has 2 aromatic heterocycles. The SMILES string of the molecule is CC(C)(CNC(=O)c1cnc2sccn2c1=O)C(=O)O. The first-order chi connectivity index (χ1) is 9.33. The van der Waals surface area contributed by atoms with Gasteiger partial charge in [0.2, 0.25) is 0 Å². The maximum atomic E-state index is 12.0. The number of aromatic nitrogens is 2. The molecule has 0 saturated carbocycles. The number of hydrogen-bond donors (Lipinski definition) is 2. The van der Waals surface area contributed by atoms with Crippen molar-refractivity contribution in [1.82, 2.24) is 14.7 Å². The Morgan fingerprint density at radius 2 is 2.20 bits per heavy atom. The lowest BCUT2D eigenvalue weighted by Gasteiger charge is -2.19. The third kappa shape index (κ3) is 2.55. The van der Waals surface area contributed by atoms with Crippen LogP contribution in [0.15, 0.2) is 22.6 Å². The largest absolute Gasteiger partial charge is 0.481 e. The number of nitrogens with one attached hydrogen (secondary N) is 1. The van der Waals surface area contributed by atoms with Crippen LogP contribution in [0.3, 0.4) is 0 Å². The van der Waals surface area contributed by atoms with Crippen LogP contribution in [0.1, 0.15) is 24.2 Å². The molecule has 2 heterocycles. The summed E-state index contributed by atoms with van der Waals surface area (Å²) in [4.78, 5) is 39.4. The molecule has 2 aromatic rings. The average molecular weight is 295 g/mol. The van der Waals surface area contributed by atoms with Crippen LogP contribution in [0.4, 0.5) is 0 Å². The van der Waals surface area contributed by atoms with Crippen LogP contribution < -0.4 is 10.9 Å². The van der Waals surface area contributed by atoms with Crippen LogP contribution in [0.25, 0.3) is 4.96 Å². The third-order valence-electron chi connectivity index (χ3n) is 2.86. The number of hydrogen-bond acceptors (Lipinski definition) is 5. The first-order valence-corrected chi connectivity index (χ1v) is 6.67. The van der Waals surface area contributed by atoms with Gasteiger partial charge in [-0.3, -0.25) is 18.8 Å². The minimum absolute atomic E-state index is 0.0764. The molecule has 0 aliphatic rings. The van der Waals surface area contributed by atoms with Gasteiger partial charge in [-0.15, -0.1) is 11.3 Å². The molecule has 0 spiro atoms. The summed E-state index contributed by atoms with van der Waals surface area (Å²) < 4.78 is 1.28. The second-order valence-electron chi connectivity index (χ2n) is 4.90. The van der Waals surface area contributed by atoms with E-state index < -0.39 is 22.9 Å². The standard InChI is InChI=1S/C12H13N3O4S/c1-12(2,10(18)19)6-14-8(16)7-5-13-11-15(9(7)17)3-4-20-11/h3-5H,6H2,1-2H3,(H,14,16)(H,18,19). The molecule has 0 unspecified atom stereocenters. The van der Waals surface area contributed by atoms with Crippen molar-refractivity contribution in [3.63, 3.8) is 0 Å². The van der Waals surface area contributed by atoms with Crippen LogP contribution in [-0.2, 0) is 4.79 Å². The summed E-state index contributed by atoms with van der Waals surface area (Å²) >= 11 is 1.29. The quantitative estimate of drug-likeness (QED) is 0.860. The van der Waals surface area contributed by atoms with E-state index in [1.165, 1.54) is 42.0 Å². The summed E-state index contributed by atoms with van der Waals surface area (Å²) in [7, 11) is 0. The first kappa shape index (κ1) is 14.2. The Balaban J connectivity index is 2.22. The molecule has 2 N–H and O–H groups in total. The van der Waals surface area contributed by atoms with Crippen LogP contribution in [0.2, 0.25) is 0 Å². The number of nitrogens with zero attached hydrogens (tertiary/aromatic N) is 2. The molecule has 1 amide bonds. The van der Waals surface area contributed by atoms with E-state index in [2.05, 4.69) is 10.3 Å². The topological polar surface area (TPSA) is 101 Å². The first-order valence-electron chi connectivity index (χ1n) is 5.79. The van der Waals surface area contributed by atoms with E-state index in [9.17, 15) is 14.4 Å². The lowest BCUT2D eigenvalue weighted by Crippen LogP contribution is -2.40. The van der Waals surface area contributed by atoms with Crippen LogP contribution in [0.5, 0.6) is 0 Å². The van der Waals surface area contributed by atoms with Gasteiger partial charge in [-0.25, -0.2) is 4.98 Å². The van der Waals surface area contributed by atoms with E-state index in [4.69, 9.17) is 5.11 Å². The Hall–Kier alpha value is -2.22. The van der Waals surface area contributed by atoms with E-state index in [0.29, 0.717) is 4.96 Å². The molecular formula is C12H13N3O4S. The number of fused-ring (bicyclic) bond motifs is 1. The summed E-state index contributed by atoms with van der Waals surface area (Å²) in [6.07, 6.45) is 2.74. The van der Waals surface area contributed by atoms with Crippen LogP contribution >= 0.6 is 11.3 Å². The fraction of sp³-hybridized carbons (Fsp3) is 0.333. The highest BCUT2D eigenvalue weighted by Gasteiger charge is 2.28. The minimum atomic E-state index is -1.11. The highest BCUT2D eigenvalue weighted by Crippen LogP contribution is 2.13. The normalized spacial score (nSPS) is 11.5. The van der Waals surface area contributed by atoms with Crippen molar-refractivity contribution in [3.05, 3.63) is 33.7 Å². The van der Waals surface area contributed by atoms with Gasteiger partial charge in [0, 0.05) is 24.3 Å². The van der Waals surface area contributed by atoms with Crippen molar-refractivity contribution in [2.45, 2.75) is 13.8 Å². The third-order valence-corrected chi connectivity index (χ3v) is 3.63. The van der Waals surface area contributed by atoms with E-state index >= 15 is 0 Å². The molecule has 0 aromatic carbocycles. The number of carbonyl (C=O) groups excluding carboxylic acids is 1. The van der Waals surface area contributed by atoms with Gasteiger partial charge in [0.1, 0.15) is 5.56 Å². The smallest absolute Gasteiger partial charge is 0.310 e. The molecule has 0 aliphatic carbocycles. The molecular weight excluding hydrogens is 282 g/mol. The molecule has 0 saturated heterocycles. The predicted octanol–water partition coefficient (Wildman–Crippen LogP) is 0.597. The molecule has 0 atom stereocenters. The van der Waals surface area contributed by atoms with Crippen molar-refractivity contribution in [3.8, 4) is 0 Å². The van der Waals surface area contributed by atoms with E-state index in [1.54, 1.807) is 5.38 Å². The second kappa shape index (κ2) is 5.04. The second-order valence-corrected chi connectivity index (χ2v) is 5.78.